The summed E-state index contributed by atoms with van der Waals surface area (Å²) in [4.78, 5) is 3.42. The lowest BCUT2D eigenvalue weighted by atomic mass is 10.5. The molecule has 0 aromatic rings. The zero-order valence-corrected chi connectivity index (χ0v) is 7.04. The first-order chi connectivity index (χ1) is 4.09. The first-order valence-electron chi connectivity index (χ1n) is 2.06. The van der Waals surface area contributed by atoms with E-state index in [1.807, 2.05) is 0 Å². The fourth-order valence-corrected chi connectivity index (χ4v) is 0.449. The van der Waals surface area contributed by atoms with Crippen LogP contribution in [-0.2, 0) is 0 Å². The molecule has 0 unspecified atom stereocenters. The normalized spacial score (nSPS) is 12.2. The van der Waals surface area contributed by atoms with Gasteiger partial charge in [-0.2, -0.15) is 0 Å². The van der Waals surface area contributed by atoms with Gasteiger partial charge in [0.1, 0.15) is 5.16 Å². The topological polar surface area (TPSA) is 38.4 Å². The lowest BCUT2D eigenvalue weighted by Crippen LogP contribution is -1.94. The van der Waals surface area contributed by atoms with Crippen LogP contribution >= 0.6 is 27.5 Å². The number of allylic oxidation sites excluding steroid dienone is 1. The van der Waals surface area contributed by atoms with Crippen LogP contribution in [0.1, 0.15) is 0 Å². The van der Waals surface area contributed by atoms with E-state index in [1.54, 1.807) is 0 Å². The minimum absolute atomic E-state index is 0.225. The molecular weight excluding hydrogens is 203 g/mol. The first kappa shape index (κ1) is 8.72. The summed E-state index contributed by atoms with van der Waals surface area (Å²) in [7, 11) is 0. The van der Waals surface area contributed by atoms with Gasteiger partial charge in [-0.1, -0.05) is 18.2 Å². The molecular formula is C5H6BrClN2. The van der Waals surface area contributed by atoms with Gasteiger partial charge in [-0.05, 0) is 22.6 Å². The van der Waals surface area contributed by atoms with Crippen molar-refractivity contribution in [3.8, 4) is 0 Å². The van der Waals surface area contributed by atoms with Crippen LogP contribution < -0.4 is 5.73 Å². The molecule has 0 aliphatic carbocycles. The standard InChI is InChI=1S/C5H6BrClN2/c1-3(8)4(6)5(7)9-2/h1-2,8H2/b5-4+. The van der Waals surface area contributed by atoms with Crippen LogP contribution in [0, 0.1) is 0 Å². The smallest absolute Gasteiger partial charge is 0.144 e. The second-order valence-electron chi connectivity index (χ2n) is 1.29. The minimum Gasteiger partial charge on any atom is -0.398 e. The molecule has 0 aliphatic rings. The fourth-order valence-electron chi connectivity index (χ4n) is 0.202. The molecule has 0 rings (SSSR count). The van der Waals surface area contributed by atoms with Crippen molar-refractivity contribution in [3.05, 3.63) is 21.9 Å². The van der Waals surface area contributed by atoms with Crippen LogP contribution in [0.15, 0.2) is 26.9 Å². The maximum Gasteiger partial charge on any atom is 0.144 e. The van der Waals surface area contributed by atoms with Gasteiger partial charge in [-0.15, -0.1) is 0 Å². The second kappa shape index (κ2) is 3.69. The third-order valence-corrected chi connectivity index (χ3v) is 2.02. The molecule has 2 N–H and O–H groups in total. The van der Waals surface area contributed by atoms with Crippen molar-refractivity contribution < 1.29 is 0 Å². The largest absolute Gasteiger partial charge is 0.398 e. The summed E-state index contributed by atoms with van der Waals surface area (Å²) < 4.78 is 0.485. The molecule has 0 spiro atoms. The summed E-state index contributed by atoms with van der Waals surface area (Å²) in [6.45, 7) is 6.62. The quantitative estimate of drug-likeness (QED) is 0.421. The summed E-state index contributed by atoms with van der Waals surface area (Å²) in [5, 5.41) is 0.225. The Morgan fingerprint density at radius 1 is 1.67 bits per heavy atom. The maximum atomic E-state index is 5.47. The molecule has 2 nitrogen and oxygen atoms in total. The molecule has 9 heavy (non-hydrogen) atoms. The van der Waals surface area contributed by atoms with Gasteiger partial charge in [0.25, 0.3) is 0 Å². The van der Waals surface area contributed by atoms with E-state index in [-0.39, 0.29) is 5.16 Å². The van der Waals surface area contributed by atoms with Crippen molar-refractivity contribution in [1.82, 2.24) is 0 Å². The number of nitrogens with zero attached hydrogens (tertiary/aromatic N) is 1. The van der Waals surface area contributed by atoms with Gasteiger partial charge in [0, 0.05) is 5.70 Å². The Hall–Kier alpha value is -0.280. The van der Waals surface area contributed by atoms with E-state index in [2.05, 4.69) is 34.2 Å². The molecule has 0 saturated carbocycles. The predicted octanol–water partition coefficient (Wildman–Crippen LogP) is 1.96. The zero-order chi connectivity index (χ0) is 7.44. The number of nitrogens with two attached hydrogens (primary N) is 1. The highest BCUT2D eigenvalue weighted by Gasteiger charge is 1.97. The molecule has 0 saturated heterocycles. The van der Waals surface area contributed by atoms with E-state index < -0.39 is 0 Å². The average molecular weight is 209 g/mol. The van der Waals surface area contributed by atoms with Crippen LogP contribution in [0.5, 0.6) is 0 Å². The number of aliphatic imine (C=N–C) groups is 1. The van der Waals surface area contributed by atoms with E-state index in [4.69, 9.17) is 17.3 Å². The van der Waals surface area contributed by atoms with Crippen molar-refractivity contribution in [2.75, 3.05) is 0 Å². The van der Waals surface area contributed by atoms with Crippen molar-refractivity contribution in [1.29, 1.82) is 0 Å². The van der Waals surface area contributed by atoms with Crippen LogP contribution in [0.25, 0.3) is 0 Å². The number of rotatable bonds is 2. The molecule has 50 valence electrons. The van der Waals surface area contributed by atoms with Crippen molar-refractivity contribution in [3.63, 3.8) is 0 Å². The SMILES string of the molecule is C=N/C(Cl)=C(/Br)C(=C)N. The molecule has 0 radical (unpaired) electrons. The third kappa shape index (κ3) is 2.67. The summed E-state index contributed by atoms with van der Waals surface area (Å²) in [6, 6.07) is 0. The van der Waals surface area contributed by atoms with E-state index in [9.17, 15) is 0 Å². The monoisotopic (exact) mass is 208 g/mol. The molecule has 0 bridgehead atoms. The van der Waals surface area contributed by atoms with Crippen molar-refractivity contribution in [2.45, 2.75) is 0 Å². The van der Waals surface area contributed by atoms with Crippen molar-refractivity contribution in [2.24, 2.45) is 10.7 Å². The molecule has 0 aromatic carbocycles. The lowest BCUT2D eigenvalue weighted by Gasteiger charge is -1.95. The van der Waals surface area contributed by atoms with Gasteiger partial charge in [-0.3, -0.25) is 4.99 Å². The Bertz CT molecular complexity index is 174. The van der Waals surface area contributed by atoms with E-state index in [0.29, 0.717) is 10.2 Å². The second-order valence-corrected chi connectivity index (χ2v) is 2.44. The summed E-state index contributed by atoms with van der Waals surface area (Å²) in [6.07, 6.45) is 0. The highest BCUT2D eigenvalue weighted by Crippen LogP contribution is 2.19. The first-order valence-corrected chi connectivity index (χ1v) is 3.23. The maximum absolute atomic E-state index is 5.47. The average Bonchev–Trinajstić information content (AvgIpc) is 1.84. The Morgan fingerprint density at radius 2 is 2.11 bits per heavy atom. The fraction of sp³-hybridized carbons (Fsp3) is 0. The highest BCUT2D eigenvalue weighted by atomic mass is 79.9. The van der Waals surface area contributed by atoms with Gasteiger partial charge >= 0.3 is 0 Å². The summed E-state index contributed by atoms with van der Waals surface area (Å²) in [5.41, 5.74) is 5.58. The Labute approximate surface area is 67.2 Å². The summed E-state index contributed by atoms with van der Waals surface area (Å²) >= 11 is 8.53. The van der Waals surface area contributed by atoms with Gasteiger partial charge in [0.15, 0.2) is 0 Å². The van der Waals surface area contributed by atoms with E-state index in [0.717, 1.165) is 0 Å². The number of halogens is 2. The number of hydrogen-bond donors (Lipinski definition) is 1. The van der Waals surface area contributed by atoms with Gasteiger partial charge in [-0.25, -0.2) is 0 Å². The third-order valence-electron chi connectivity index (χ3n) is 0.602. The Kier molecular flexibility index (Phi) is 3.58. The predicted molar refractivity (Wildman–Crippen MR) is 44.7 cm³/mol. The van der Waals surface area contributed by atoms with Gasteiger partial charge in [0.05, 0.1) is 4.48 Å². The minimum atomic E-state index is 0.225. The van der Waals surface area contributed by atoms with Crippen LogP contribution in [-0.4, -0.2) is 6.72 Å². The van der Waals surface area contributed by atoms with E-state index in [1.165, 1.54) is 0 Å². The van der Waals surface area contributed by atoms with Crippen LogP contribution in [0.4, 0.5) is 0 Å². The van der Waals surface area contributed by atoms with Crippen LogP contribution in [0.3, 0.4) is 0 Å². The van der Waals surface area contributed by atoms with Crippen LogP contribution in [0.2, 0.25) is 0 Å². The lowest BCUT2D eigenvalue weighted by molar-refractivity contribution is 1.39. The van der Waals surface area contributed by atoms with Gasteiger partial charge < -0.3 is 5.73 Å². The van der Waals surface area contributed by atoms with Gasteiger partial charge in [0.2, 0.25) is 0 Å². The number of hydrogen-bond acceptors (Lipinski definition) is 2. The molecule has 0 aliphatic heterocycles. The molecule has 0 heterocycles. The Balaban J connectivity index is 4.47. The molecule has 0 amide bonds. The van der Waals surface area contributed by atoms with E-state index >= 15 is 0 Å². The highest BCUT2D eigenvalue weighted by molar-refractivity contribution is 9.12. The molecule has 0 atom stereocenters. The molecule has 0 aromatic heterocycles. The molecule has 4 heteroatoms. The summed E-state index contributed by atoms with van der Waals surface area (Å²) in [5.74, 6) is 0. The Morgan fingerprint density at radius 3 is 2.22 bits per heavy atom. The zero-order valence-electron chi connectivity index (χ0n) is 4.69. The van der Waals surface area contributed by atoms with Crippen molar-refractivity contribution >= 4 is 34.2 Å². The molecule has 0 fully saturated rings.